The van der Waals surface area contributed by atoms with E-state index in [4.69, 9.17) is 14.1 Å². The fourth-order valence-corrected chi connectivity index (χ4v) is 4.18. The summed E-state index contributed by atoms with van der Waals surface area (Å²) >= 11 is 1.62. The first-order valence-electron chi connectivity index (χ1n) is 10.2. The van der Waals surface area contributed by atoms with Crippen LogP contribution in [-0.2, 0) is 6.54 Å². The van der Waals surface area contributed by atoms with E-state index < -0.39 is 0 Å². The number of hydrogen-bond donors (Lipinski definition) is 1. The molecular formula is C22H27N5O2S. The number of nitrogens with one attached hydrogen (secondary N) is 1. The highest BCUT2D eigenvalue weighted by Crippen LogP contribution is 2.28. The van der Waals surface area contributed by atoms with Crippen LogP contribution < -0.4 is 15.0 Å². The van der Waals surface area contributed by atoms with E-state index >= 15 is 0 Å². The normalized spacial score (nSPS) is 14.8. The first-order valence-corrected chi connectivity index (χ1v) is 11.1. The van der Waals surface area contributed by atoms with Crippen molar-refractivity contribution in [2.75, 3.05) is 44.7 Å². The fraction of sp³-hybridized carbons (Fsp3) is 0.364. The molecule has 0 radical (unpaired) electrons. The monoisotopic (exact) mass is 425 g/mol. The Morgan fingerprint density at radius 3 is 2.77 bits per heavy atom. The molecule has 30 heavy (non-hydrogen) atoms. The van der Waals surface area contributed by atoms with Crippen LogP contribution >= 0.6 is 11.3 Å². The maximum absolute atomic E-state index is 5.61. The second-order valence-corrected chi connectivity index (χ2v) is 7.89. The van der Waals surface area contributed by atoms with Crippen LogP contribution in [0.4, 0.5) is 5.69 Å². The minimum absolute atomic E-state index is 0.490. The van der Waals surface area contributed by atoms with E-state index in [9.17, 15) is 0 Å². The number of anilines is 1. The summed E-state index contributed by atoms with van der Waals surface area (Å²) in [6, 6.07) is 12.2. The van der Waals surface area contributed by atoms with Gasteiger partial charge in [-0.25, -0.2) is 9.98 Å². The lowest BCUT2D eigenvalue weighted by molar-refractivity contribution is 0.367. The van der Waals surface area contributed by atoms with Crippen molar-refractivity contribution in [3.63, 3.8) is 0 Å². The summed E-state index contributed by atoms with van der Waals surface area (Å²) in [5.74, 6) is 2.49. The number of hydrogen-bond acceptors (Lipinski definition) is 6. The van der Waals surface area contributed by atoms with E-state index in [1.165, 1.54) is 0 Å². The summed E-state index contributed by atoms with van der Waals surface area (Å²) in [6.45, 7) is 7.02. The molecule has 0 unspecified atom stereocenters. The van der Waals surface area contributed by atoms with E-state index in [0.717, 1.165) is 60.7 Å². The molecule has 7 nitrogen and oxygen atoms in total. The Hall–Kier alpha value is -3.00. The Balaban J connectivity index is 1.40. The van der Waals surface area contributed by atoms with E-state index in [2.05, 4.69) is 39.2 Å². The zero-order valence-corrected chi connectivity index (χ0v) is 18.2. The SMILES string of the molecule is CCNC(=NCc1coc(-c2cccs2)n1)N1CCN(c2ccccc2OC)CC1. The van der Waals surface area contributed by atoms with Crippen molar-refractivity contribution in [3.8, 4) is 16.5 Å². The standard InChI is InChI=1S/C22H27N5O2S/c1-3-23-22(24-15-17-16-29-21(25-17)20-9-6-14-30-20)27-12-10-26(11-13-27)18-7-4-5-8-19(18)28-2/h4-9,14,16H,3,10-13,15H2,1-2H3,(H,23,24). The molecule has 8 heteroatoms. The molecule has 158 valence electrons. The molecule has 0 bridgehead atoms. The second-order valence-electron chi connectivity index (χ2n) is 6.94. The first kappa shape index (κ1) is 20.3. The van der Waals surface area contributed by atoms with Gasteiger partial charge in [0.2, 0.25) is 5.89 Å². The highest BCUT2D eigenvalue weighted by Gasteiger charge is 2.21. The van der Waals surface area contributed by atoms with Gasteiger partial charge in [-0.05, 0) is 30.5 Å². The van der Waals surface area contributed by atoms with Crippen LogP contribution in [0.5, 0.6) is 5.75 Å². The third kappa shape index (κ3) is 4.59. The molecule has 0 atom stereocenters. The van der Waals surface area contributed by atoms with E-state index in [1.54, 1.807) is 24.7 Å². The van der Waals surface area contributed by atoms with Crippen molar-refractivity contribution in [3.05, 3.63) is 53.7 Å². The summed E-state index contributed by atoms with van der Waals surface area (Å²) in [6.07, 6.45) is 1.70. The van der Waals surface area contributed by atoms with Gasteiger partial charge in [0.25, 0.3) is 0 Å². The average Bonchev–Trinajstić information content (AvgIpc) is 3.49. The molecule has 1 saturated heterocycles. The number of para-hydroxylation sites is 2. The Bertz CT molecular complexity index is 962. The maximum Gasteiger partial charge on any atom is 0.236 e. The van der Waals surface area contributed by atoms with Gasteiger partial charge in [0.05, 0.1) is 24.2 Å². The fourth-order valence-electron chi connectivity index (χ4n) is 3.52. The number of guanidine groups is 1. The van der Waals surface area contributed by atoms with Crippen molar-refractivity contribution in [2.45, 2.75) is 13.5 Å². The maximum atomic E-state index is 5.61. The van der Waals surface area contributed by atoms with Gasteiger partial charge in [-0.1, -0.05) is 18.2 Å². The Morgan fingerprint density at radius 2 is 2.03 bits per heavy atom. The van der Waals surface area contributed by atoms with Gasteiger partial charge in [0.15, 0.2) is 5.96 Å². The summed E-state index contributed by atoms with van der Waals surface area (Å²) in [7, 11) is 1.72. The third-order valence-corrected chi connectivity index (χ3v) is 5.87. The minimum Gasteiger partial charge on any atom is -0.495 e. The number of benzene rings is 1. The molecule has 0 spiro atoms. The number of aromatic nitrogens is 1. The molecule has 0 saturated carbocycles. The molecule has 2 aromatic heterocycles. The highest BCUT2D eigenvalue weighted by atomic mass is 32.1. The number of oxazole rings is 1. The number of thiophene rings is 1. The molecule has 1 fully saturated rings. The summed E-state index contributed by atoms with van der Waals surface area (Å²) in [4.78, 5) is 15.1. The predicted octanol–water partition coefficient (Wildman–Crippen LogP) is 3.70. The van der Waals surface area contributed by atoms with Crippen molar-refractivity contribution in [2.24, 2.45) is 4.99 Å². The number of ether oxygens (including phenoxy) is 1. The Morgan fingerprint density at radius 1 is 1.20 bits per heavy atom. The molecule has 0 aliphatic carbocycles. The zero-order chi connectivity index (χ0) is 20.8. The predicted molar refractivity (Wildman–Crippen MR) is 121 cm³/mol. The van der Waals surface area contributed by atoms with Crippen LogP contribution in [-0.4, -0.2) is 55.7 Å². The van der Waals surface area contributed by atoms with Crippen LogP contribution in [0.2, 0.25) is 0 Å². The van der Waals surface area contributed by atoms with Crippen LogP contribution in [0.1, 0.15) is 12.6 Å². The molecule has 1 N–H and O–H groups in total. The largest absolute Gasteiger partial charge is 0.495 e. The lowest BCUT2D eigenvalue weighted by Gasteiger charge is -2.38. The zero-order valence-electron chi connectivity index (χ0n) is 17.4. The van der Waals surface area contributed by atoms with Gasteiger partial charge in [-0.15, -0.1) is 11.3 Å². The summed E-state index contributed by atoms with van der Waals surface area (Å²) < 4.78 is 11.1. The topological polar surface area (TPSA) is 66.1 Å². The Labute approximate surface area is 181 Å². The van der Waals surface area contributed by atoms with Gasteiger partial charge in [0.1, 0.15) is 17.7 Å². The second kappa shape index (κ2) is 9.67. The average molecular weight is 426 g/mol. The lowest BCUT2D eigenvalue weighted by atomic mass is 10.2. The van der Waals surface area contributed by atoms with Crippen LogP contribution in [0.15, 0.2) is 57.5 Å². The highest BCUT2D eigenvalue weighted by molar-refractivity contribution is 7.13. The molecular weight excluding hydrogens is 398 g/mol. The van der Waals surface area contributed by atoms with Crippen LogP contribution in [0.3, 0.4) is 0 Å². The Kier molecular flexibility index (Phi) is 6.53. The smallest absolute Gasteiger partial charge is 0.236 e. The van der Waals surface area contributed by atoms with Gasteiger partial charge in [0, 0.05) is 32.7 Å². The van der Waals surface area contributed by atoms with E-state index in [0.29, 0.717) is 12.4 Å². The molecule has 1 aliphatic rings. The minimum atomic E-state index is 0.490. The van der Waals surface area contributed by atoms with Gasteiger partial charge in [-0.2, -0.15) is 0 Å². The molecule has 0 amide bonds. The number of methoxy groups -OCH3 is 1. The van der Waals surface area contributed by atoms with Gasteiger partial charge in [-0.3, -0.25) is 0 Å². The van der Waals surface area contributed by atoms with E-state index in [-0.39, 0.29) is 0 Å². The van der Waals surface area contributed by atoms with Gasteiger partial charge >= 0.3 is 0 Å². The van der Waals surface area contributed by atoms with Crippen molar-refractivity contribution in [1.82, 2.24) is 15.2 Å². The number of rotatable bonds is 6. The quantitative estimate of drug-likeness (QED) is 0.480. The van der Waals surface area contributed by atoms with Gasteiger partial charge < -0.3 is 24.3 Å². The molecule has 3 heterocycles. The summed E-state index contributed by atoms with van der Waals surface area (Å²) in [5.41, 5.74) is 1.98. The summed E-state index contributed by atoms with van der Waals surface area (Å²) in [5, 5.41) is 5.43. The van der Waals surface area contributed by atoms with E-state index in [1.807, 2.05) is 29.6 Å². The number of piperazine rings is 1. The van der Waals surface area contributed by atoms with Crippen LogP contribution in [0.25, 0.3) is 10.8 Å². The molecule has 1 aliphatic heterocycles. The molecule has 4 rings (SSSR count). The molecule has 3 aromatic rings. The van der Waals surface area contributed by atoms with Crippen molar-refractivity contribution in [1.29, 1.82) is 0 Å². The number of nitrogens with zero attached hydrogens (tertiary/aromatic N) is 4. The van der Waals surface area contributed by atoms with Crippen molar-refractivity contribution < 1.29 is 9.15 Å². The lowest BCUT2D eigenvalue weighted by Crippen LogP contribution is -2.52. The number of aliphatic imine (C=N–C) groups is 1. The van der Waals surface area contributed by atoms with Crippen molar-refractivity contribution >= 4 is 23.0 Å². The molecule has 1 aromatic carbocycles. The third-order valence-electron chi connectivity index (χ3n) is 5.01. The first-order chi connectivity index (χ1) is 14.8. The van der Waals surface area contributed by atoms with Crippen LogP contribution in [0, 0.1) is 0 Å².